The number of ether oxygens (including phenoxy) is 1. The van der Waals surface area contributed by atoms with Crippen molar-refractivity contribution >= 4 is 18.3 Å². The average Bonchev–Trinajstić information content (AvgIpc) is 2.52. The fourth-order valence-electron chi connectivity index (χ4n) is 2.40. The second-order valence-corrected chi connectivity index (χ2v) is 5.22. The van der Waals surface area contributed by atoms with Crippen LogP contribution in [0.15, 0.2) is 18.2 Å². The highest BCUT2D eigenvalue weighted by Crippen LogP contribution is 2.27. The predicted molar refractivity (Wildman–Crippen MR) is 82.5 cm³/mol. The molecule has 2 N–H and O–H groups in total. The normalized spacial score (nSPS) is 15.1. The largest absolute Gasteiger partial charge is 0.573 e. The van der Waals surface area contributed by atoms with E-state index < -0.39 is 12.1 Å². The van der Waals surface area contributed by atoms with Crippen LogP contribution in [0.5, 0.6) is 5.75 Å². The van der Waals surface area contributed by atoms with E-state index in [1.54, 1.807) is 6.07 Å². The lowest BCUT2D eigenvalue weighted by Gasteiger charge is -2.22. The lowest BCUT2D eigenvalue weighted by Crippen LogP contribution is -2.38. The fourth-order valence-corrected chi connectivity index (χ4v) is 2.40. The summed E-state index contributed by atoms with van der Waals surface area (Å²) >= 11 is 0. The summed E-state index contributed by atoms with van der Waals surface area (Å²) in [5, 5.41) is 14.5. The van der Waals surface area contributed by atoms with Gasteiger partial charge in [-0.2, -0.15) is 5.26 Å². The molecular formula is C15H17ClF3N3O2. The smallest absolute Gasteiger partial charge is 0.405 e. The SMILES string of the molecule is Cl.N#Cc1ccc(CNC(=O)C2CCNCC2)c(OC(F)(F)F)c1. The molecule has 0 aliphatic carbocycles. The number of alkyl halides is 3. The maximum Gasteiger partial charge on any atom is 0.573 e. The molecule has 9 heteroatoms. The van der Waals surface area contributed by atoms with Gasteiger partial charge in [0, 0.05) is 18.0 Å². The Bertz CT molecular complexity index is 611. The van der Waals surface area contributed by atoms with E-state index in [0.717, 1.165) is 19.2 Å². The van der Waals surface area contributed by atoms with Crippen molar-refractivity contribution in [3.8, 4) is 11.8 Å². The van der Waals surface area contributed by atoms with E-state index in [4.69, 9.17) is 5.26 Å². The van der Waals surface area contributed by atoms with Crippen LogP contribution in [0.25, 0.3) is 0 Å². The van der Waals surface area contributed by atoms with Crippen LogP contribution in [0.2, 0.25) is 0 Å². The van der Waals surface area contributed by atoms with Crippen LogP contribution in [-0.2, 0) is 11.3 Å². The third-order valence-corrected chi connectivity index (χ3v) is 3.58. The Labute approximate surface area is 143 Å². The molecule has 2 rings (SSSR count). The van der Waals surface area contributed by atoms with Gasteiger partial charge in [0.2, 0.25) is 5.91 Å². The second-order valence-electron chi connectivity index (χ2n) is 5.22. The van der Waals surface area contributed by atoms with Gasteiger partial charge in [-0.3, -0.25) is 4.79 Å². The Morgan fingerprint density at radius 3 is 2.62 bits per heavy atom. The first-order valence-corrected chi connectivity index (χ1v) is 7.16. The lowest BCUT2D eigenvalue weighted by atomic mass is 9.97. The van der Waals surface area contributed by atoms with E-state index in [2.05, 4.69) is 15.4 Å². The van der Waals surface area contributed by atoms with Crippen molar-refractivity contribution in [3.63, 3.8) is 0 Å². The Kier molecular flexibility index (Phi) is 7.32. The lowest BCUT2D eigenvalue weighted by molar-refractivity contribution is -0.274. The number of hydrogen-bond acceptors (Lipinski definition) is 4. The molecule has 1 aliphatic rings. The van der Waals surface area contributed by atoms with Gasteiger partial charge in [0.25, 0.3) is 0 Å². The van der Waals surface area contributed by atoms with Crippen LogP contribution in [-0.4, -0.2) is 25.4 Å². The summed E-state index contributed by atoms with van der Waals surface area (Å²) in [7, 11) is 0. The van der Waals surface area contributed by atoms with Crippen molar-refractivity contribution in [2.24, 2.45) is 5.92 Å². The Morgan fingerprint density at radius 1 is 1.38 bits per heavy atom. The number of halogens is 4. The van der Waals surface area contributed by atoms with Gasteiger partial charge in [0.15, 0.2) is 0 Å². The third-order valence-electron chi connectivity index (χ3n) is 3.58. The number of carbonyl (C=O) groups excluding carboxylic acids is 1. The number of hydrogen-bond donors (Lipinski definition) is 2. The van der Waals surface area contributed by atoms with Gasteiger partial charge in [-0.15, -0.1) is 25.6 Å². The molecule has 0 bridgehead atoms. The number of piperidine rings is 1. The van der Waals surface area contributed by atoms with E-state index in [9.17, 15) is 18.0 Å². The molecule has 0 saturated carbocycles. The Balaban J connectivity index is 0.00000288. The Hall–Kier alpha value is -1.98. The van der Waals surface area contributed by atoms with Gasteiger partial charge in [-0.25, -0.2) is 0 Å². The average molecular weight is 364 g/mol. The summed E-state index contributed by atoms with van der Waals surface area (Å²) in [4.78, 5) is 12.0. The number of carbonyl (C=O) groups is 1. The van der Waals surface area contributed by atoms with E-state index in [1.165, 1.54) is 12.1 Å². The molecule has 24 heavy (non-hydrogen) atoms. The van der Waals surface area contributed by atoms with Crippen molar-refractivity contribution < 1.29 is 22.7 Å². The van der Waals surface area contributed by atoms with Crippen molar-refractivity contribution in [2.45, 2.75) is 25.7 Å². The van der Waals surface area contributed by atoms with E-state index in [-0.39, 0.29) is 41.9 Å². The second kappa shape index (κ2) is 8.76. The number of amides is 1. The van der Waals surface area contributed by atoms with Gasteiger partial charge in [-0.1, -0.05) is 6.07 Å². The van der Waals surface area contributed by atoms with Gasteiger partial charge in [0.1, 0.15) is 5.75 Å². The molecule has 0 unspecified atom stereocenters. The molecular weight excluding hydrogens is 347 g/mol. The summed E-state index contributed by atoms with van der Waals surface area (Å²) < 4.78 is 41.3. The number of nitriles is 1. The molecule has 0 radical (unpaired) electrons. The van der Waals surface area contributed by atoms with Crippen LogP contribution in [0.4, 0.5) is 13.2 Å². The van der Waals surface area contributed by atoms with Gasteiger partial charge in [0.05, 0.1) is 11.6 Å². The quantitative estimate of drug-likeness (QED) is 0.862. The predicted octanol–water partition coefficient (Wildman–Crippen LogP) is 2.49. The van der Waals surface area contributed by atoms with Crippen LogP contribution in [0, 0.1) is 17.2 Å². The molecule has 1 aromatic carbocycles. The summed E-state index contributed by atoms with van der Waals surface area (Å²) in [5.41, 5.74) is 0.223. The standard InChI is InChI=1S/C15H16F3N3O2.ClH/c16-15(17,18)23-13-7-10(8-19)1-2-12(13)9-21-14(22)11-3-5-20-6-4-11;/h1-2,7,11,20H,3-6,9H2,(H,21,22);1H. The number of nitrogens with one attached hydrogen (secondary N) is 2. The molecule has 1 fully saturated rings. The van der Waals surface area contributed by atoms with Crippen LogP contribution >= 0.6 is 12.4 Å². The highest BCUT2D eigenvalue weighted by Gasteiger charge is 2.32. The van der Waals surface area contributed by atoms with Crippen LogP contribution < -0.4 is 15.4 Å². The van der Waals surface area contributed by atoms with Gasteiger partial charge in [-0.05, 0) is 38.1 Å². The van der Waals surface area contributed by atoms with Crippen molar-refractivity contribution in [3.05, 3.63) is 29.3 Å². The maximum absolute atomic E-state index is 12.4. The third kappa shape index (κ3) is 5.91. The minimum absolute atomic E-state index is 0. The zero-order valence-corrected chi connectivity index (χ0v) is 13.5. The molecule has 1 aliphatic heterocycles. The molecule has 5 nitrogen and oxygen atoms in total. The summed E-state index contributed by atoms with van der Waals surface area (Å²) in [5.74, 6) is -0.794. The van der Waals surface area contributed by atoms with Gasteiger partial charge < -0.3 is 15.4 Å². The summed E-state index contributed by atoms with van der Waals surface area (Å²) in [6, 6.07) is 5.50. The molecule has 1 amide bonds. The number of nitrogens with zero attached hydrogens (tertiary/aromatic N) is 1. The van der Waals surface area contributed by atoms with Crippen molar-refractivity contribution in [2.75, 3.05) is 13.1 Å². The van der Waals surface area contributed by atoms with E-state index in [0.29, 0.717) is 12.8 Å². The first kappa shape index (κ1) is 20.1. The molecule has 0 aromatic heterocycles. The molecule has 1 saturated heterocycles. The van der Waals surface area contributed by atoms with Gasteiger partial charge >= 0.3 is 6.36 Å². The molecule has 132 valence electrons. The fraction of sp³-hybridized carbons (Fsp3) is 0.467. The minimum Gasteiger partial charge on any atom is -0.405 e. The van der Waals surface area contributed by atoms with Crippen molar-refractivity contribution in [1.82, 2.24) is 10.6 Å². The molecule has 0 atom stereocenters. The van der Waals surface area contributed by atoms with Crippen LogP contribution in [0.1, 0.15) is 24.0 Å². The topological polar surface area (TPSA) is 74.2 Å². The molecule has 1 heterocycles. The summed E-state index contributed by atoms with van der Waals surface area (Å²) in [6.07, 6.45) is -3.46. The summed E-state index contributed by atoms with van der Waals surface area (Å²) in [6.45, 7) is 1.41. The van der Waals surface area contributed by atoms with Crippen LogP contribution in [0.3, 0.4) is 0 Å². The minimum atomic E-state index is -4.86. The highest BCUT2D eigenvalue weighted by molar-refractivity contribution is 5.85. The number of benzene rings is 1. The highest BCUT2D eigenvalue weighted by atomic mass is 35.5. The van der Waals surface area contributed by atoms with E-state index >= 15 is 0 Å². The molecule has 0 spiro atoms. The zero-order chi connectivity index (χ0) is 16.9. The first-order chi connectivity index (χ1) is 10.9. The van der Waals surface area contributed by atoms with E-state index in [1.807, 2.05) is 0 Å². The Morgan fingerprint density at radius 2 is 2.04 bits per heavy atom. The molecule has 1 aromatic rings. The maximum atomic E-state index is 12.4. The number of rotatable bonds is 4. The zero-order valence-electron chi connectivity index (χ0n) is 12.7. The monoisotopic (exact) mass is 363 g/mol. The van der Waals surface area contributed by atoms with Crippen molar-refractivity contribution in [1.29, 1.82) is 5.26 Å². The first-order valence-electron chi connectivity index (χ1n) is 7.16.